The van der Waals surface area contributed by atoms with Crippen LogP contribution in [0.4, 0.5) is 5.69 Å². The molecule has 2 aromatic rings. The van der Waals surface area contributed by atoms with Crippen molar-refractivity contribution >= 4 is 22.5 Å². The number of carbonyl (C=O) groups excluding carboxylic acids is 1. The second-order valence-corrected chi connectivity index (χ2v) is 5.54. The van der Waals surface area contributed by atoms with Crippen molar-refractivity contribution in [3.05, 3.63) is 40.1 Å². The lowest BCUT2D eigenvalue weighted by atomic mass is 10.1. The number of likely N-dealkylation sites (tertiary alicyclic amines) is 1. The standard InChI is InChI=1S/C15H17N3O4/c19-9-12-2-1-5-17(12)15(20)6-10-8-16-14-4-3-11(18(21)22)7-13(10)14/h3-4,7-8,12,16,19H,1-2,5-6,9H2/t12-/m1/s1. The fourth-order valence-corrected chi connectivity index (χ4v) is 3.04. The van der Waals surface area contributed by atoms with Gasteiger partial charge in [-0.05, 0) is 24.5 Å². The average molecular weight is 303 g/mol. The molecule has 0 bridgehead atoms. The predicted molar refractivity (Wildman–Crippen MR) is 80.5 cm³/mol. The number of nitrogens with one attached hydrogen (secondary N) is 1. The van der Waals surface area contributed by atoms with Gasteiger partial charge in [0, 0.05) is 35.8 Å². The van der Waals surface area contributed by atoms with Crippen LogP contribution in [0.5, 0.6) is 0 Å². The summed E-state index contributed by atoms with van der Waals surface area (Å²) >= 11 is 0. The van der Waals surface area contributed by atoms with E-state index in [1.807, 2.05) is 0 Å². The van der Waals surface area contributed by atoms with Crippen LogP contribution in [-0.4, -0.2) is 45.0 Å². The van der Waals surface area contributed by atoms with E-state index in [1.54, 1.807) is 17.2 Å². The molecular formula is C15H17N3O4. The molecule has 7 nitrogen and oxygen atoms in total. The lowest BCUT2D eigenvalue weighted by Gasteiger charge is -2.22. The van der Waals surface area contributed by atoms with Gasteiger partial charge in [-0.2, -0.15) is 0 Å². The lowest BCUT2D eigenvalue weighted by Crippen LogP contribution is -2.38. The van der Waals surface area contributed by atoms with Gasteiger partial charge in [-0.15, -0.1) is 0 Å². The third-order valence-corrected chi connectivity index (χ3v) is 4.21. The van der Waals surface area contributed by atoms with Gasteiger partial charge in [0.1, 0.15) is 0 Å². The van der Waals surface area contributed by atoms with Gasteiger partial charge in [-0.3, -0.25) is 14.9 Å². The van der Waals surface area contributed by atoms with Gasteiger partial charge in [0.25, 0.3) is 5.69 Å². The maximum Gasteiger partial charge on any atom is 0.270 e. The zero-order valence-corrected chi connectivity index (χ0v) is 12.0. The lowest BCUT2D eigenvalue weighted by molar-refractivity contribution is -0.384. The predicted octanol–water partition coefficient (Wildman–Crippen LogP) is 1.60. The number of carbonyl (C=O) groups is 1. The Morgan fingerprint density at radius 2 is 2.32 bits per heavy atom. The molecule has 116 valence electrons. The molecule has 0 saturated carbocycles. The fraction of sp³-hybridized carbons (Fsp3) is 0.400. The molecule has 1 fully saturated rings. The summed E-state index contributed by atoms with van der Waals surface area (Å²) in [4.78, 5) is 27.6. The number of amides is 1. The maximum atomic E-state index is 12.4. The number of aliphatic hydroxyl groups is 1. The van der Waals surface area contributed by atoms with Gasteiger partial charge in [-0.25, -0.2) is 0 Å². The number of nitro benzene ring substituents is 1. The highest BCUT2D eigenvalue weighted by Crippen LogP contribution is 2.25. The number of non-ortho nitro benzene ring substituents is 1. The van der Waals surface area contributed by atoms with E-state index in [9.17, 15) is 20.0 Å². The minimum Gasteiger partial charge on any atom is -0.394 e. The molecule has 0 unspecified atom stereocenters. The fourth-order valence-electron chi connectivity index (χ4n) is 3.04. The number of hydrogen-bond acceptors (Lipinski definition) is 4. The number of benzene rings is 1. The highest BCUT2D eigenvalue weighted by molar-refractivity contribution is 5.90. The Balaban J connectivity index is 1.85. The van der Waals surface area contributed by atoms with E-state index in [0.29, 0.717) is 11.9 Å². The zero-order chi connectivity index (χ0) is 15.7. The molecule has 1 aliphatic rings. The minimum absolute atomic E-state index is 0.00945. The second-order valence-electron chi connectivity index (χ2n) is 5.54. The molecule has 0 aliphatic carbocycles. The molecule has 0 spiro atoms. The summed E-state index contributed by atoms with van der Waals surface area (Å²) in [6.45, 7) is 0.637. The first kappa shape index (κ1) is 14.5. The number of H-pyrrole nitrogens is 1. The first-order chi connectivity index (χ1) is 10.6. The topological polar surface area (TPSA) is 99.5 Å². The van der Waals surface area contributed by atoms with Crippen molar-refractivity contribution in [2.75, 3.05) is 13.2 Å². The van der Waals surface area contributed by atoms with E-state index in [4.69, 9.17) is 0 Å². The van der Waals surface area contributed by atoms with Gasteiger partial charge >= 0.3 is 0 Å². The molecule has 1 amide bonds. The first-order valence-corrected chi connectivity index (χ1v) is 7.25. The van der Waals surface area contributed by atoms with Crippen molar-refractivity contribution in [2.24, 2.45) is 0 Å². The Morgan fingerprint density at radius 3 is 3.05 bits per heavy atom. The van der Waals surface area contributed by atoms with Crippen molar-refractivity contribution < 1.29 is 14.8 Å². The van der Waals surface area contributed by atoms with Crippen molar-refractivity contribution in [3.8, 4) is 0 Å². The van der Waals surface area contributed by atoms with E-state index >= 15 is 0 Å². The maximum absolute atomic E-state index is 12.4. The molecule has 2 heterocycles. The number of nitro groups is 1. The average Bonchev–Trinajstić information content (AvgIpc) is 3.13. The van der Waals surface area contributed by atoms with Gasteiger partial charge in [0.2, 0.25) is 5.91 Å². The molecule has 22 heavy (non-hydrogen) atoms. The third-order valence-electron chi connectivity index (χ3n) is 4.21. The van der Waals surface area contributed by atoms with Crippen molar-refractivity contribution in [3.63, 3.8) is 0 Å². The van der Waals surface area contributed by atoms with Crippen molar-refractivity contribution in [1.29, 1.82) is 0 Å². The summed E-state index contributed by atoms with van der Waals surface area (Å²) in [6.07, 6.45) is 3.62. The number of aromatic nitrogens is 1. The van der Waals surface area contributed by atoms with Crippen LogP contribution in [0.3, 0.4) is 0 Å². The largest absolute Gasteiger partial charge is 0.394 e. The summed E-state index contributed by atoms with van der Waals surface area (Å²) in [7, 11) is 0. The van der Waals surface area contributed by atoms with Crippen LogP contribution in [0.2, 0.25) is 0 Å². The van der Waals surface area contributed by atoms with Crippen LogP contribution in [-0.2, 0) is 11.2 Å². The smallest absolute Gasteiger partial charge is 0.270 e. The number of aliphatic hydroxyl groups excluding tert-OH is 1. The number of aromatic amines is 1. The quantitative estimate of drug-likeness (QED) is 0.662. The van der Waals surface area contributed by atoms with Gasteiger partial charge in [0.15, 0.2) is 0 Å². The Labute approximate surface area is 126 Å². The molecule has 1 atom stereocenters. The van der Waals surface area contributed by atoms with E-state index in [-0.39, 0.29) is 30.7 Å². The minimum atomic E-state index is -0.444. The van der Waals surface area contributed by atoms with Crippen LogP contribution in [0, 0.1) is 10.1 Å². The van der Waals surface area contributed by atoms with E-state index in [2.05, 4.69) is 4.98 Å². The summed E-state index contributed by atoms with van der Waals surface area (Å²) in [5.41, 5.74) is 1.52. The molecule has 0 radical (unpaired) electrons. The van der Waals surface area contributed by atoms with Crippen molar-refractivity contribution in [2.45, 2.75) is 25.3 Å². The van der Waals surface area contributed by atoms with Crippen LogP contribution < -0.4 is 0 Å². The Hall–Kier alpha value is -2.41. The van der Waals surface area contributed by atoms with Gasteiger partial charge in [-0.1, -0.05) is 0 Å². The third kappa shape index (κ3) is 2.55. The van der Waals surface area contributed by atoms with E-state index < -0.39 is 4.92 Å². The number of fused-ring (bicyclic) bond motifs is 1. The zero-order valence-electron chi connectivity index (χ0n) is 12.0. The number of hydrogen-bond donors (Lipinski definition) is 2. The molecule has 1 saturated heterocycles. The van der Waals surface area contributed by atoms with E-state index in [1.165, 1.54) is 12.1 Å². The number of rotatable bonds is 4. The number of nitrogens with zero attached hydrogens (tertiary/aromatic N) is 2. The van der Waals surface area contributed by atoms with Crippen LogP contribution in [0.15, 0.2) is 24.4 Å². The highest BCUT2D eigenvalue weighted by Gasteiger charge is 2.28. The Morgan fingerprint density at radius 1 is 1.50 bits per heavy atom. The van der Waals surface area contributed by atoms with Gasteiger partial charge < -0.3 is 15.0 Å². The highest BCUT2D eigenvalue weighted by atomic mass is 16.6. The normalized spacial score (nSPS) is 18.0. The van der Waals surface area contributed by atoms with Crippen LogP contribution >= 0.6 is 0 Å². The molecule has 1 aliphatic heterocycles. The Bertz CT molecular complexity index is 725. The first-order valence-electron chi connectivity index (χ1n) is 7.25. The van der Waals surface area contributed by atoms with Crippen LogP contribution in [0.25, 0.3) is 10.9 Å². The SMILES string of the molecule is O=C(Cc1c[nH]c2ccc([N+](=O)[O-])cc12)N1CCC[C@@H]1CO. The molecule has 1 aromatic heterocycles. The molecule has 3 rings (SSSR count). The van der Waals surface area contributed by atoms with Gasteiger partial charge in [0.05, 0.1) is 24.0 Å². The van der Waals surface area contributed by atoms with Crippen molar-refractivity contribution in [1.82, 2.24) is 9.88 Å². The molecule has 7 heteroatoms. The van der Waals surface area contributed by atoms with E-state index in [0.717, 1.165) is 23.9 Å². The molecule has 2 N–H and O–H groups in total. The van der Waals surface area contributed by atoms with Crippen LogP contribution in [0.1, 0.15) is 18.4 Å². The molecule has 1 aromatic carbocycles. The summed E-state index contributed by atoms with van der Waals surface area (Å²) < 4.78 is 0. The second kappa shape index (κ2) is 5.76. The Kier molecular flexibility index (Phi) is 3.81. The summed E-state index contributed by atoms with van der Waals surface area (Å²) in [6, 6.07) is 4.47. The monoisotopic (exact) mass is 303 g/mol. The molecular weight excluding hydrogens is 286 g/mol. The summed E-state index contributed by atoms with van der Waals surface area (Å²) in [5, 5.41) is 20.9. The summed E-state index contributed by atoms with van der Waals surface area (Å²) in [5.74, 6) is -0.0519.